The summed E-state index contributed by atoms with van der Waals surface area (Å²) in [5.41, 5.74) is 1.34. The third-order valence-corrected chi connectivity index (χ3v) is 3.80. The van der Waals surface area contributed by atoms with Gasteiger partial charge in [0.1, 0.15) is 5.76 Å². The van der Waals surface area contributed by atoms with Crippen LogP contribution in [-0.2, 0) is 16.1 Å². The smallest absolute Gasteiger partial charge is 0.340 e. The Morgan fingerprint density at radius 3 is 2.41 bits per heavy atom. The van der Waals surface area contributed by atoms with Crippen LogP contribution in [-0.4, -0.2) is 24.5 Å². The minimum atomic E-state index is -0.743. The maximum Gasteiger partial charge on any atom is 0.340 e. The highest BCUT2D eigenvalue weighted by molar-refractivity contribution is 6.02. The Kier molecular flexibility index (Phi) is 6.62. The second-order valence-electron chi connectivity index (χ2n) is 5.92. The summed E-state index contributed by atoms with van der Waals surface area (Å²) in [7, 11) is 0. The second-order valence-corrected chi connectivity index (χ2v) is 5.92. The molecular weight excluding hydrogens is 374 g/mol. The molecule has 0 radical (unpaired) electrons. The molecule has 3 amide bonds. The lowest BCUT2D eigenvalue weighted by Gasteiger charge is -2.11. The van der Waals surface area contributed by atoms with Gasteiger partial charge in [-0.05, 0) is 36.4 Å². The summed E-state index contributed by atoms with van der Waals surface area (Å²) in [5, 5.41) is 7.68. The van der Waals surface area contributed by atoms with Crippen molar-refractivity contribution in [2.45, 2.75) is 6.54 Å². The van der Waals surface area contributed by atoms with E-state index in [-0.39, 0.29) is 5.56 Å². The summed E-state index contributed by atoms with van der Waals surface area (Å²) in [6.45, 7) is -0.203. The zero-order chi connectivity index (χ0) is 20.5. The molecule has 0 aliphatic carbocycles. The quantitative estimate of drug-likeness (QED) is 0.531. The van der Waals surface area contributed by atoms with Gasteiger partial charge >= 0.3 is 12.0 Å². The van der Waals surface area contributed by atoms with E-state index in [0.29, 0.717) is 23.7 Å². The number of hydrogen-bond acceptors (Lipinski definition) is 6. The van der Waals surface area contributed by atoms with Gasteiger partial charge in [0, 0.05) is 11.4 Å². The number of amides is 3. The van der Waals surface area contributed by atoms with E-state index in [2.05, 4.69) is 16.0 Å². The third-order valence-electron chi connectivity index (χ3n) is 3.80. The van der Waals surface area contributed by atoms with Crippen LogP contribution in [0.15, 0.2) is 77.4 Å². The van der Waals surface area contributed by atoms with Gasteiger partial charge in [-0.15, -0.1) is 0 Å². The number of ether oxygens (including phenoxy) is 1. The highest BCUT2D eigenvalue weighted by Crippen LogP contribution is 2.17. The van der Waals surface area contributed by atoms with Crippen LogP contribution in [0.3, 0.4) is 0 Å². The number of anilines is 2. The largest absolute Gasteiger partial charge is 0.467 e. The van der Waals surface area contributed by atoms with Crippen LogP contribution in [0.4, 0.5) is 16.2 Å². The van der Waals surface area contributed by atoms with E-state index in [9.17, 15) is 14.4 Å². The molecule has 0 fully saturated rings. The predicted molar refractivity (Wildman–Crippen MR) is 106 cm³/mol. The van der Waals surface area contributed by atoms with E-state index in [1.54, 1.807) is 73.0 Å². The molecule has 2 aromatic carbocycles. The number of nitrogens with one attached hydrogen (secondary N) is 3. The summed E-state index contributed by atoms with van der Waals surface area (Å²) in [4.78, 5) is 36.0. The Bertz CT molecular complexity index is 971. The van der Waals surface area contributed by atoms with Crippen molar-refractivity contribution < 1.29 is 23.5 Å². The lowest BCUT2D eigenvalue weighted by Crippen LogP contribution is -2.37. The molecule has 0 unspecified atom stereocenters. The standard InChI is InChI=1S/C21H19N3O5/c25-19(24-21(27)23-15-7-2-1-3-8-15)14-29-20(26)17-10-4-5-11-18(17)22-13-16-9-6-12-28-16/h1-12,22H,13-14H2,(H2,23,24,25,27). The number of imide groups is 1. The lowest BCUT2D eigenvalue weighted by molar-refractivity contribution is -0.123. The first-order valence-electron chi connectivity index (χ1n) is 8.80. The molecule has 1 heterocycles. The van der Waals surface area contributed by atoms with Crippen molar-refractivity contribution in [1.29, 1.82) is 0 Å². The highest BCUT2D eigenvalue weighted by atomic mass is 16.5. The van der Waals surface area contributed by atoms with Crippen LogP contribution in [0.25, 0.3) is 0 Å². The molecule has 0 aliphatic rings. The lowest BCUT2D eigenvalue weighted by atomic mass is 10.2. The predicted octanol–water partition coefficient (Wildman–Crippen LogP) is 3.40. The van der Waals surface area contributed by atoms with Gasteiger partial charge in [-0.1, -0.05) is 30.3 Å². The Balaban J connectivity index is 1.50. The molecule has 3 aromatic rings. The Morgan fingerprint density at radius 1 is 0.897 bits per heavy atom. The SMILES string of the molecule is O=C(COC(=O)c1ccccc1NCc1ccco1)NC(=O)Nc1ccccc1. The minimum absolute atomic E-state index is 0.264. The zero-order valence-corrected chi connectivity index (χ0v) is 15.4. The molecule has 8 nitrogen and oxygen atoms in total. The van der Waals surface area contributed by atoms with Crippen LogP contribution >= 0.6 is 0 Å². The normalized spacial score (nSPS) is 10.1. The summed E-state index contributed by atoms with van der Waals surface area (Å²) in [6.07, 6.45) is 1.56. The van der Waals surface area contributed by atoms with Gasteiger partial charge in [-0.25, -0.2) is 9.59 Å². The number of furan rings is 1. The molecule has 0 atom stereocenters. The van der Waals surface area contributed by atoms with Gasteiger partial charge in [0.2, 0.25) is 0 Å². The average Bonchev–Trinajstić information content (AvgIpc) is 3.25. The first kappa shape index (κ1) is 19.7. The van der Waals surface area contributed by atoms with Crippen molar-refractivity contribution in [3.8, 4) is 0 Å². The van der Waals surface area contributed by atoms with E-state index in [1.165, 1.54) is 0 Å². The van der Waals surface area contributed by atoms with Crippen LogP contribution in [0.2, 0.25) is 0 Å². The molecule has 8 heteroatoms. The number of urea groups is 1. The maximum absolute atomic E-state index is 12.3. The first-order valence-corrected chi connectivity index (χ1v) is 8.80. The number of carbonyl (C=O) groups excluding carboxylic acids is 3. The van der Waals surface area contributed by atoms with Gasteiger partial charge in [0.25, 0.3) is 5.91 Å². The highest BCUT2D eigenvalue weighted by Gasteiger charge is 2.15. The molecule has 0 bridgehead atoms. The number of benzene rings is 2. The topological polar surface area (TPSA) is 110 Å². The maximum atomic E-state index is 12.3. The number of rotatable bonds is 7. The first-order chi connectivity index (χ1) is 14.1. The molecule has 0 saturated carbocycles. The Morgan fingerprint density at radius 2 is 1.66 bits per heavy atom. The van der Waals surface area contributed by atoms with Crippen molar-refractivity contribution in [3.05, 3.63) is 84.3 Å². The number of carbonyl (C=O) groups is 3. The zero-order valence-electron chi connectivity index (χ0n) is 15.4. The van der Waals surface area contributed by atoms with Crippen molar-refractivity contribution in [2.75, 3.05) is 17.2 Å². The van der Waals surface area contributed by atoms with E-state index < -0.39 is 24.5 Å². The fourth-order valence-corrected chi connectivity index (χ4v) is 2.47. The van der Waals surface area contributed by atoms with E-state index in [1.807, 2.05) is 0 Å². The minimum Gasteiger partial charge on any atom is -0.467 e. The van der Waals surface area contributed by atoms with Gasteiger partial charge in [0.15, 0.2) is 6.61 Å². The number of para-hydroxylation sites is 2. The van der Waals surface area contributed by atoms with Crippen LogP contribution in [0.1, 0.15) is 16.1 Å². The molecule has 3 rings (SSSR count). The molecule has 29 heavy (non-hydrogen) atoms. The summed E-state index contributed by atoms with van der Waals surface area (Å²) in [5.74, 6) is -0.726. The molecule has 0 saturated heterocycles. The Hall–Kier alpha value is -4.07. The van der Waals surface area contributed by atoms with Crippen molar-refractivity contribution in [3.63, 3.8) is 0 Å². The third kappa shape index (κ3) is 5.96. The van der Waals surface area contributed by atoms with Crippen molar-refractivity contribution >= 4 is 29.3 Å². The van der Waals surface area contributed by atoms with Crippen LogP contribution < -0.4 is 16.0 Å². The van der Waals surface area contributed by atoms with E-state index in [4.69, 9.17) is 9.15 Å². The van der Waals surface area contributed by atoms with Gasteiger partial charge < -0.3 is 19.8 Å². The monoisotopic (exact) mass is 393 g/mol. The van der Waals surface area contributed by atoms with Gasteiger partial charge in [0.05, 0.1) is 18.4 Å². The summed E-state index contributed by atoms with van der Waals surface area (Å²) < 4.78 is 10.3. The number of hydrogen-bond donors (Lipinski definition) is 3. The van der Waals surface area contributed by atoms with E-state index in [0.717, 1.165) is 0 Å². The molecular formula is C21H19N3O5. The summed E-state index contributed by atoms with van der Waals surface area (Å²) in [6, 6.07) is 18.2. The second kappa shape index (κ2) is 9.75. The fraction of sp³-hybridized carbons (Fsp3) is 0.0952. The molecule has 0 spiro atoms. The van der Waals surface area contributed by atoms with Gasteiger partial charge in [-0.3, -0.25) is 10.1 Å². The summed E-state index contributed by atoms with van der Waals surface area (Å²) >= 11 is 0. The number of esters is 1. The fourth-order valence-electron chi connectivity index (χ4n) is 2.47. The molecule has 1 aromatic heterocycles. The Labute approximate surface area is 166 Å². The molecule has 148 valence electrons. The van der Waals surface area contributed by atoms with Gasteiger partial charge in [-0.2, -0.15) is 0 Å². The van der Waals surface area contributed by atoms with Crippen molar-refractivity contribution in [2.24, 2.45) is 0 Å². The van der Waals surface area contributed by atoms with Crippen LogP contribution in [0, 0.1) is 0 Å². The van der Waals surface area contributed by atoms with E-state index >= 15 is 0 Å². The average molecular weight is 393 g/mol. The molecule has 3 N–H and O–H groups in total. The van der Waals surface area contributed by atoms with Crippen LogP contribution in [0.5, 0.6) is 0 Å². The van der Waals surface area contributed by atoms with Crippen molar-refractivity contribution in [1.82, 2.24) is 5.32 Å². The molecule has 0 aliphatic heterocycles.